The Hall–Kier alpha value is -2.64. The number of fused-ring (bicyclic) bond motifs is 1. The fraction of sp³-hybridized carbons (Fsp3) is 0.318. The van der Waals surface area contributed by atoms with Crippen LogP contribution in [0.15, 0.2) is 52.4 Å². The maximum Gasteiger partial charge on any atom is 0.266 e. The quantitative estimate of drug-likeness (QED) is 0.490. The van der Waals surface area contributed by atoms with Crippen LogP contribution in [0.5, 0.6) is 0 Å². The fourth-order valence-corrected chi connectivity index (χ4v) is 4.32. The minimum atomic E-state index is -0.120. The number of benzene rings is 2. The number of ether oxygens (including phenoxy) is 1. The molecule has 0 saturated carbocycles. The number of morpholine rings is 1. The molecule has 1 fully saturated rings. The van der Waals surface area contributed by atoms with Gasteiger partial charge in [-0.2, -0.15) is 0 Å². The molecule has 0 atom stereocenters. The van der Waals surface area contributed by atoms with Gasteiger partial charge >= 0.3 is 0 Å². The molecule has 1 aliphatic heterocycles. The van der Waals surface area contributed by atoms with E-state index in [0.29, 0.717) is 42.4 Å². The van der Waals surface area contributed by atoms with Gasteiger partial charge in [0.05, 0.1) is 35.6 Å². The molecule has 7 heteroatoms. The minimum absolute atomic E-state index is 0.0354. The number of para-hydroxylation sites is 1. The number of nitrogens with zero attached hydrogens (tertiary/aromatic N) is 3. The third-order valence-electron chi connectivity index (χ3n) is 5.04. The molecule has 1 saturated heterocycles. The van der Waals surface area contributed by atoms with Crippen molar-refractivity contribution in [1.29, 1.82) is 0 Å². The van der Waals surface area contributed by atoms with Gasteiger partial charge in [0.15, 0.2) is 5.16 Å². The fourth-order valence-electron chi connectivity index (χ4n) is 3.41. The number of carbonyl (C=O) groups excluding carboxylic acids is 1. The van der Waals surface area contributed by atoms with Crippen molar-refractivity contribution >= 4 is 28.6 Å². The van der Waals surface area contributed by atoms with Crippen molar-refractivity contribution in [3.63, 3.8) is 0 Å². The van der Waals surface area contributed by atoms with Crippen LogP contribution in [0.3, 0.4) is 0 Å². The van der Waals surface area contributed by atoms with Gasteiger partial charge in [-0.1, -0.05) is 36.0 Å². The molecule has 150 valence electrons. The largest absolute Gasteiger partial charge is 0.378 e. The van der Waals surface area contributed by atoms with Crippen molar-refractivity contribution in [3.05, 3.63) is 63.9 Å². The van der Waals surface area contributed by atoms with Crippen LogP contribution in [0, 0.1) is 13.8 Å². The Morgan fingerprint density at radius 3 is 2.69 bits per heavy atom. The zero-order chi connectivity index (χ0) is 20.4. The molecule has 0 spiro atoms. The third-order valence-corrected chi connectivity index (χ3v) is 5.96. The summed E-state index contributed by atoms with van der Waals surface area (Å²) in [5.41, 5.74) is 3.36. The van der Waals surface area contributed by atoms with E-state index in [2.05, 4.69) is 0 Å². The van der Waals surface area contributed by atoms with E-state index in [9.17, 15) is 9.59 Å². The number of hydrogen-bond acceptors (Lipinski definition) is 5. The predicted octanol–water partition coefficient (Wildman–Crippen LogP) is 2.95. The van der Waals surface area contributed by atoms with E-state index in [1.165, 1.54) is 11.8 Å². The second kappa shape index (κ2) is 8.39. The standard InChI is InChI=1S/C22H23N3O3S/c1-15-7-8-16(2)19(13-15)25-21(27)17-5-3-4-6-18(17)23-22(25)29-14-20(26)24-9-11-28-12-10-24/h3-8,13H,9-12,14H2,1-2H3. The van der Waals surface area contributed by atoms with Crippen molar-refractivity contribution in [3.8, 4) is 5.69 Å². The van der Waals surface area contributed by atoms with E-state index in [0.717, 1.165) is 16.8 Å². The van der Waals surface area contributed by atoms with Gasteiger partial charge in [0, 0.05) is 13.1 Å². The van der Waals surface area contributed by atoms with Gasteiger partial charge in [0.1, 0.15) is 0 Å². The molecular weight excluding hydrogens is 386 g/mol. The molecule has 0 unspecified atom stereocenters. The highest BCUT2D eigenvalue weighted by molar-refractivity contribution is 7.99. The lowest BCUT2D eigenvalue weighted by atomic mass is 10.1. The maximum atomic E-state index is 13.4. The molecule has 2 heterocycles. The Labute approximate surface area is 173 Å². The predicted molar refractivity (Wildman–Crippen MR) is 115 cm³/mol. The van der Waals surface area contributed by atoms with Gasteiger partial charge < -0.3 is 9.64 Å². The van der Waals surface area contributed by atoms with Gasteiger partial charge in [-0.25, -0.2) is 4.98 Å². The second-order valence-electron chi connectivity index (χ2n) is 7.12. The van der Waals surface area contributed by atoms with Crippen LogP contribution in [0.1, 0.15) is 11.1 Å². The summed E-state index contributed by atoms with van der Waals surface area (Å²) in [6.45, 7) is 6.32. The molecule has 3 aromatic rings. The summed E-state index contributed by atoms with van der Waals surface area (Å²) in [6, 6.07) is 13.3. The lowest BCUT2D eigenvalue weighted by Gasteiger charge is -2.26. The number of rotatable bonds is 4. The molecule has 2 aromatic carbocycles. The average molecular weight is 410 g/mol. The monoisotopic (exact) mass is 409 g/mol. The van der Waals surface area contributed by atoms with Gasteiger partial charge in [-0.15, -0.1) is 0 Å². The van der Waals surface area contributed by atoms with Crippen molar-refractivity contribution in [2.45, 2.75) is 19.0 Å². The first-order valence-electron chi connectivity index (χ1n) is 9.62. The number of aryl methyl sites for hydroxylation is 2. The number of carbonyl (C=O) groups is 1. The summed E-state index contributed by atoms with van der Waals surface area (Å²) in [5.74, 6) is 0.267. The highest BCUT2D eigenvalue weighted by Gasteiger charge is 2.20. The zero-order valence-corrected chi connectivity index (χ0v) is 17.4. The van der Waals surface area contributed by atoms with Gasteiger partial charge in [-0.05, 0) is 43.2 Å². The molecule has 4 rings (SSSR count). The summed E-state index contributed by atoms with van der Waals surface area (Å²) < 4.78 is 6.96. The minimum Gasteiger partial charge on any atom is -0.378 e. The molecule has 6 nitrogen and oxygen atoms in total. The van der Waals surface area contributed by atoms with Crippen LogP contribution in [0.4, 0.5) is 0 Å². The Kier molecular flexibility index (Phi) is 5.69. The summed E-state index contributed by atoms with van der Waals surface area (Å²) >= 11 is 1.31. The molecular formula is C22H23N3O3S. The van der Waals surface area contributed by atoms with Crippen molar-refractivity contribution in [2.24, 2.45) is 0 Å². The molecule has 0 bridgehead atoms. The number of hydrogen-bond donors (Lipinski definition) is 0. The zero-order valence-electron chi connectivity index (χ0n) is 16.6. The van der Waals surface area contributed by atoms with Crippen LogP contribution < -0.4 is 5.56 Å². The number of thioether (sulfide) groups is 1. The van der Waals surface area contributed by atoms with E-state index < -0.39 is 0 Å². The van der Waals surface area contributed by atoms with E-state index in [1.54, 1.807) is 15.5 Å². The summed E-state index contributed by atoms with van der Waals surface area (Å²) in [4.78, 5) is 32.5. The Morgan fingerprint density at radius 2 is 1.90 bits per heavy atom. The van der Waals surface area contributed by atoms with Crippen LogP contribution in [0.25, 0.3) is 16.6 Å². The lowest BCUT2D eigenvalue weighted by Crippen LogP contribution is -2.41. The molecule has 0 aliphatic carbocycles. The van der Waals surface area contributed by atoms with Crippen LogP contribution in [0.2, 0.25) is 0 Å². The molecule has 29 heavy (non-hydrogen) atoms. The summed E-state index contributed by atoms with van der Waals surface area (Å²) in [6.07, 6.45) is 0. The first-order valence-corrected chi connectivity index (χ1v) is 10.6. The van der Waals surface area contributed by atoms with E-state index in [1.807, 2.05) is 50.2 Å². The van der Waals surface area contributed by atoms with Crippen LogP contribution >= 0.6 is 11.8 Å². The molecule has 1 amide bonds. The second-order valence-corrected chi connectivity index (χ2v) is 8.07. The number of amides is 1. The highest BCUT2D eigenvalue weighted by atomic mass is 32.2. The topological polar surface area (TPSA) is 64.4 Å². The van der Waals surface area contributed by atoms with E-state index >= 15 is 0 Å². The molecule has 1 aliphatic rings. The first-order chi connectivity index (χ1) is 14.0. The van der Waals surface area contributed by atoms with Crippen molar-refractivity contribution in [1.82, 2.24) is 14.5 Å². The van der Waals surface area contributed by atoms with Gasteiger partial charge in [0.25, 0.3) is 5.56 Å². The Bertz CT molecular complexity index is 1120. The van der Waals surface area contributed by atoms with Crippen molar-refractivity contribution in [2.75, 3.05) is 32.1 Å². The average Bonchev–Trinajstić information content (AvgIpc) is 2.75. The molecule has 0 radical (unpaired) electrons. The maximum absolute atomic E-state index is 13.4. The Morgan fingerprint density at radius 1 is 1.14 bits per heavy atom. The first kappa shape index (κ1) is 19.7. The summed E-state index contributed by atoms with van der Waals surface area (Å²) in [7, 11) is 0. The van der Waals surface area contributed by atoms with Gasteiger partial charge in [0.2, 0.25) is 5.91 Å². The molecule has 0 N–H and O–H groups in total. The smallest absolute Gasteiger partial charge is 0.266 e. The lowest BCUT2D eigenvalue weighted by molar-refractivity contribution is -0.132. The van der Waals surface area contributed by atoms with E-state index in [4.69, 9.17) is 9.72 Å². The normalized spacial score (nSPS) is 14.3. The van der Waals surface area contributed by atoms with E-state index in [-0.39, 0.29) is 17.2 Å². The number of aromatic nitrogens is 2. The SMILES string of the molecule is Cc1ccc(C)c(-n2c(SCC(=O)N3CCOCC3)nc3ccccc3c2=O)c1. The Balaban J connectivity index is 1.76. The highest BCUT2D eigenvalue weighted by Crippen LogP contribution is 2.24. The molecule has 1 aromatic heterocycles. The third kappa shape index (κ3) is 4.06. The van der Waals surface area contributed by atoms with Crippen molar-refractivity contribution < 1.29 is 9.53 Å². The van der Waals surface area contributed by atoms with Crippen LogP contribution in [-0.2, 0) is 9.53 Å². The van der Waals surface area contributed by atoms with Gasteiger partial charge in [-0.3, -0.25) is 14.2 Å². The summed E-state index contributed by atoms with van der Waals surface area (Å²) in [5, 5.41) is 1.10. The van der Waals surface area contributed by atoms with Crippen LogP contribution in [-0.4, -0.2) is 52.4 Å².